The van der Waals surface area contributed by atoms with Crippen molar-refractivity contribution in [2.45, 2.75) is 44.3 Å². The summed E-state index contributed by atoms with van der Waals surface area (Å²) in [6, 6.07) is 6.33. The highest BCUT2D eigenvalue weighted by Gasteiger charge is 2.34. The molecule has 3 aliphatic heterocycles. The quantitative estimate of drug-likeness (QED) is 0.820. The molecule has 154 valence electrons. The summed E-state index contributed by atoms with van der Waals surface area (Å²) in [6.07, 6.45) is 3.39. The van der Waals surface area contributed by atoms with Crippen molar-refractivity contribution in [3.8, 4) is 11.5 Å². The van der Waals surface area contributed by atoms with Crippen molar-refractivity contribution in [2.24, 2.45) is 0 Å². The Morgan fingerprint density at radius 3 is 2.96 bits per heavy atom. The molecule has 0 spiro atoms. The number of benzene rings is 1. The van der Waals surface area contributed by atoms with E-state index in [0.29, 0.717) is 50.2 Å². The van der Waals surface area contributed by atoms with Gasteiger partial charge in [0.15, 0.2) is 11.5 Å². The predicted octanol–water partition coefficient (Wildman–Crippen LogP) is 1.58. The zero-order valence-electron chi connectivity index (χ0n) is 16.2. The van der Waals surface area contributed by atoms with Crippen LogP contribution in [-0.4, -0.2) is 67.0 Å². The van der Waals surface area contributed by atoms with Gasteiger partial charge in [0.05, 0.1) is 20.3 Å². The minimum Gasteiger partial charge on any atom is -0.493 e. The van der Waals surface area contributed by atoms with Gasteiger partial charge in [0.1, 0.15) is 0 Å². The van der Waals surface area contributed by atoms with Gasteiger partial charge >= 0.3 is 0 Å². The number of nitrogens with zero attached hydrogens (tertiary/aromatic N) is 2. The van der Waals surface area contributed by atoms with Crippen molar-refractivity contribution >= 4 is 24.2 Å². The average molecular weight is 410 g/mol. The van der Waals surface area contributed by atoms with Crippen molar-refractivity contribution in [3.05, 3.63) is 23.8 Å². The van der Waals surface area contributed by atoms with Crippen molar-refractivity contribution in [1.29, 1.82) is 0 Å². The average Bonchev–Trinajstić information content (AvgIpc) is 3.01. The number of hydrogen-bond donors (Lipinski definition) is 1. The molecule has 1 aromatic carbocycles. The summed E-state index contributed by atoms with van der Waals surface area (Å²) < 4.78 is 11.3. The van der Waals surface area contributed by atoms with E-state index < -0.39 is 0 Å². The number of likely N-dealkylation sites (tertiary alicyclic amines) is 1. The van der Waals surface area contributed by atoms with Gasteiger partial charge in [0.2, 0.25) is 11.8 Å². The van der Waals surface area contributed by atoms with Gasteiger partial charge in [-0.05, 0) is 25.3 Å². The van der Waals surface area contributed by atoms with E-state index in [2.05, 4.69) is 5.32 Å². The summed E-state index contributed by atoms with van der Waals surface area (Å²) in [5, 5.41) is 3.49. The minimum absolute atomic E-state index is 0. The number of carbonyl (C=O) groups excluding carboxylic acids is 2. The number of nitrogens with one attached hydrogen (secondary N) is 1. The van der Waals surface area contributed by atoms with Gasteiger partial charge in [-0.3, -0.25) is 9.59 Å². The van der Waals surface area contributed by atoms with Crippen LogP contribution in [0.25, 0.3) is 0 Å². The van der Waals surface area contributed by atoms with E-state index >= 15 is 0 Å². The molecule has 0 radical (unpaired) electrons. The molecule has 0 aromatic heterocycles. The monoisotopic (exact) mass is 409 g/mol. The van der Waals surface area contributed by atoms with E-state index in [4.69, 9.17) is 9.47 Å². The Balaban J connectivity index is 0.00000225. The van der Waals surface area contributed by atoms with Crippen LogP contribution in [0.4, 0.5) is 0 Å². The van der Waals surface area contributed by atoms with E-state index in [-0.39, 0.29) is 36.8 Å². The number of methoxy groups -OCH3 is 1. The number of carbonyl (C=O) groups is 2. The first kappa shape index (κ1) is 20.7. The first-order valence-corrected chi connectivity index (χ1v) is 9.74. The highest BCUT2D eigenvalue weighted by atomic mass is 35.5. The summed E-state index contributed by atoms with van der Waals surface area (Å²) in [5.41, 5.74) is 0.935. The lowest BCUT2D eigenvalue weighted by molar-refractivity contribution is -0.141. The van der Waals surface area contributed by atoms with Crippen LogP contribution in [0.2, 0.25) is 0 Å². The van der Waals surface area contributed by atoms with Crippen LogP contribution in [0.5, 0.6) is 11.5 Å². The third-order valence-corrected chi connectivity index (χ3v) is 5.69. The molecule has 3 heterocycles. The molecule has 2 amide bonds. The Hall–Kier alpha value is -1.99. The zero-order chi connectivity index (χ0) is 18.8. The van der Waals surface area contributed by atoms with Crippen LogP contribution in [0.1, 0.15) is 31.2 Å². The first-order valence-electron chi connectivity index (χ1n) is 9.74. The second-order valence-corrected chi connectivity index (χ2v) is 7.58. The van der Waals surface area contributed by atoms with E-state index in [1.54, 1.807) is 12.0 Å². The summed E-state index contributed by atoms with van der Waals surface area (Å²) in [7, 11) is 1.62. The van der Waals surface area contributed by atoms with Crippen LogP contribution >= 0.6 is 12.4 Å². The highest BCUT2D eigenvalue weighted by molar-refractivity contribution is 5.86. The Morgan fingerprint density at radius 2 is 2.14 bits per heavy atom. The molecule has 8 heteroatoms. The maximum absolute atomic E-state index is 13.0. The fourth-order valence-electron chi connectivity index (χ4n) is 4.27. The van der Waals surface area contributed by atoms with E-state index in [1.165, 1.54) is 0 Å². The van der Waals surface area contributed by atoms with Crippen LogP contribution < -0.4 is 14.8 Å². The van der Waals surface area contributed by atoms with Gasteiger partial charge in [-0.25, -0.2) is 0 Å². The third-order valence-electron chi connectivity index (χ3n) is 5.69. The van der Waals surface area contributed by atoms with Gasteiger partial charge in [-0.2, -0.15) is 0 Å². The summed E-state index contributed by atoms with van der Waals surface area (Å²) >= 11 is 0. The molecule has 1 N–H and O–H groups in total. The first-order chi connectivity index (χ1) is 13.1. The molecule has 28 heavy (non-hydrogen) atoms. The molecule has 0 saturated carbocycles. The smallest absolute Gasteiger partial charge is 0.242 e. The molecule has 3 aliphatic rings. The van der Waals surface area contributed by atoms with Gasteiger partial charge in [0, 0.05) is 43.7 Å². The Kier molecular flexibility index (Phi) is 6.67. The molecule has 1 aromatic rings. The van der Waals surface area contributed by atoms with Crippen LogP contribution in [-0.2, 0) is 16.1 Å². The van der Waals surface area contributed by atoms with Crippen molar-refractivity contribution in [3.63, 3.8) is 0 Å². The standard InChI is InChI=1S/C20H27N3O4.ClH/c1-26-17-5-2-4-14-11-22(8-3-9-27-20(14)17)19(25)13-23-12-16-7-6-15(21-16)10-18(23)24;/h2,4-5,15-16,21H,3,6-13H2,1H3;1H/t15-,16+;/m1./s1. The number of amides is 2. The van der Waals surface area contributed by atoms with Crippen molar-refractivity contribution in [1.82, 2.24) is 15.1 Å². The third kappa shape index (κ3) is 4.36. The van der Waals surface area contributed by atoms with Crippen molar-refractivity contribution < 1.29 is 19.1 Å². The summed E-state index contributed by atoms with van der Waals surface area (Å²) in [6.45, 7) is 2.42. The summed E-state index contributed by atoms with van der Waals surface area (Å²) in [5.74, 6) is 1.48. The maximum atomic E-state index is 13.0. The van der Waals surface area contributed by atoms with Gasteiger partial charge in [-0.1, -0.05) is 12.1 Å². The highest BCUT2D eigenvalue weighted by Crippen LogP contribution is 2.33. The molecule has 2 fully saturated rings. The number of rotatable bonds is 3. The molecule has 2 bridgehead atoms. The Morgan fingerprint density at radius 1 is 1.32 bits per heavy atom. The molecule has 7 nitrogen and oxygen atoms in total. The number of hydrogen-bond acceptors (Lipinski definition) is 5. The van der Waals surface area contributed by atoms with Crippen molar-refractivity contribution in [2.75, 3.05) is 33.4 Å². The van der Waals surface area contributed by atoms with Gasteiger partial charge in [-0.15, -0.1) is 12.4 Å². The normalized spacial score (nSPS) is 24.2. The molecular formula is C20H28ClN3O4. The molecule has 0 unspecified atom stereocenters. The second-order valence-electron chi connectivity index (χ2n) is 7.58. The fraction of sp³-hybridized carbons (Fsp3) is 0.600. The lowest BCUT2D eigenvalue weighted by Gasteiger charge is -2.30. The second kappa shape index (κ2) is 9.01. The molecule has 2 saturated heterocycles. The fourth-order valence-corrected chi connectivity index (χ4v) is 4.27. The zero-order valence-corrected chi connectivity index (χ0v) is 17.0. The maximum Gasteiger partial charge on any atom is 0.242 e. The van der Waals surface area contributed by atoms with Crippen LogP contribution in [0, 0.1) is 0 Å². The van der Waals surface area contributed by atoms with Gasteiger partial charge < -0.3 is 24.6 Å². The van der Waals surface area contributed by atoms with E-state index in [9.17, 15) is 9.59 Å². The number of fused-ring (bicyclic) bond motifs is 3. The van der Waals surface area contributed by atoms with Crippen LogP contribution in [0.15, 0.2) is 18.2 Å². The molecule has 2 atom stereocenters. The lowest BCUT2D eigenvalue weighted by atomic mass is 10.1. The number of para-hydroxylation sites is 1. The molecule has 0 aliphatic carbocycles. The predicted molar refractivity (Wildman–Crippen MR) is 107 cm³/mol. The SMILES string of the molecule is COc1cccc2c1OCCCN(C(=O)CN1C[C@@H]3CC[C@H](CC1=O)N3)C2.Cl. The van der Waals surface area contributed by atoms with Crippen LogP contribution in [0.3, 0.4) is 0 Å². The minimum atomic E-state index is -0.00297. The van der Waals surface area contributed by atoms with E-state index in [0.717, 1.165) is 24.8 Å². The Labute approximate surface area is 171 Å². The van der Waals surface area contributed by atoms with E-state index in [1.807, 2.05) is 23.1 Å². The Bertz CT molecular complexity index is 729. The largest absolute Gasteiger partial charge is 0.493 e. The van der Waals surface area contributed by atoms with Gasteiger partial charge in [0.25, 0.3) is 0 Å². The number of ether oxygens (including phenoxy) is 2. The molecular weight excluding hydrogens is 382 g/mol. The number of halogens is 1. The summed E-state index contributed by atoms with van der Waals surface area (Å²) in [4.78, 5) is 29.1. The topological polar surface area (TPSA) is 71.1 Å². The molecule has 4 rings (SSSR count). The lowest BCUT2D eigenvalue weighted by Crippen LogP contribution is -2.46.